The van der Waals surface area contributed by atoms with E-state index in [4.69, 9.17) is 5.73 Å². The number of aromatic nitrogens is 2. The molecule has 9 heteroatoms. The SMILES string of the molecule is Cc1cc(C2CC[C@H]3[C@@H]2CCC3(F)F)c(C)c(F)c1F.NC(=O)c1nccc2[nH]ccc(=O)c12. The summed E-state index contributed by atoms with van der Waals surface area (Å²) in [7, 11) is 0. The number of aromatic amines is 1. The van der Waals surface area contributed by atoms with Gasteiger partial charge in [-0.2, -0.15) is 0 Å². The van der Waals surface area contributed by atoms with Gasteiger partial charge >= 0.3 is 0 Å². The van der Waals surface area contributed by atoms with Gasteiger partial charge in [0.2, 0.25) is 0 Å². The summed E-state index contributed by atoms with van der Waals surface area (Å²) in [5.41, 5.74) is 6.67. The molecule has 3 atom stereocenters. The van der Waals surface area contributed by atoms with E-state index in [1.807, 2.05) is 0 Å². The Morgan fingerprint density at radius 1 is 1.15 bits per heavy atom. The van der Waals surface area contributed by atoms with Crippen molar-refractivity contribution in [2.45, 2.75) is 51.4 Å². The highest BCUT2D eigenvalue weighted by atomic mass is 19.3. The van der Waals surface area contributed by atoms with Crippen molar-refractivity contribution < 1.29 is 22.4 Å². The number of carbonyl (C=O) groups is 1. The molecule has 2 fully saturated rings. The molecule has 3 aromatic rings. The van der Waals surface area contributed by atoms with Gasteiger partial charge in [-0.15, -0.1) is 0 Å². The van der Waals surface area contributed by atoms with E-state index in [1.54, 1.807) is 19.1 Å². The zero-order valence-corrected chi connectivity index (χ0v) is 18.8. The monoisotopic (exact) mass is 475 g/mol. The molecule has 2 aliphatic carbocycles. The first-order chi connectivity index (χ1) is 16.0. The minimum absolute atomic E-state index is 0.00403. The average molecular weight is 475 g/mol. The van der Waals surface area contributed by atoms with E-state index in [0.29, 0.717) is 24.8 Å². The number of alkyl halides is 2. The van der Waals surface area contributed by atoms with Crippen LogP contribution < -0.4 is 11.2 Å². The van der Waals surface area contributed by atoms with Crippen LogP contribution in [-0.2, 0) is 0 Å². The lowest BCUT2D eigenvalue weighted by Gasteiger charge is -2.22. The molecule has 0 bridgehead atoms. The van der Waals surface area contributed by atoms with Crippen molar-refractivity contribution in [2.24, 2.45) is 17.6 Å². The van der Waals surface area contributed by atoms with Crippen LogP contribution in [0.5, 0.6) is 0 Å². The number of nitrogens with zero attached hydrogens (tertiary/aromatic N) is 1. The number of hydrogen-bond acceptors (Lipinski definition) is 3. The molecule has 0 aliphatic heterocycles. The zero-order valence-electron chi connectivity index (χ0n) is 18.8. The fourth-order valence-electron chi connectivity index (χ4n) is 5.49. The molecule has 2 aromatic heterocycles. The number of benzene rings is 1. The molecular weight excluding hydrogens is 450 g/mol. The van der Waals surface area contributed by atoms with Crippen LogP contribution in [0.4, 0.5) is 17.6 Å². The second kappa shape index (κ2) is 8.85. The summed E-state index contributed by atoms with van der Waals surface area (Å²) in [6, 6.07) is 4.59. The second-order valence-corrected chi connectivity index (χ2v) is 9.08. The first-order valence-corrected chi connectivity index (χ1v) is 11.1. The number of H-pyrrole nitrogens is 1. The van der Waals surface area contributed by atoms with Gasteiger partial charge in [0, 0.05) is 30.8 Å². The van der Waals surface area contributed by atoms with Gasteiger partial charge in [-0.05, 0) is 67.7 Å². The Labute approximate surface area is 193 Å². The van der Waals surface area contributed by atoms with Crippen LogP contribution in [-0.4, -0.2) is 21.8 Å². The minimum atomic E-state index is -2.58. The maximum Gasteiger partial charge on any atom is 0.268 e. The number of primary amides is 1. The third kappa shape index (κ3) is 4.08. The van der Waals surface area contributed by atoms with Crippen LogP contribution in [0.25, 0.3) is 10.9 Å². The Balaban J connectivity index is 0.000000172. The largest absolute Gasteiger partial charge is 0.364 e. The van der Waals surface area contributed by atoms with Crippen molar-refractivity contribution in [1.82, 2.24) is 9.97 Å². The van der Waals surface area contributed by atoms with E-state index >= 15 is 0 Å². The quantitative estimate of drug-likeness (QED) is 0.503. The number of nitrogens with two attached hydrogens (primary N) is 1. The molecular formula is C25H25F4N3O2. The molecule has 1 amide bonds. The number of hydrogen-bond donors (Lipinski definition) is 2. The zero-order chi connectivity index (χ0) is 24.8. The number of halogens is 4. The van der Waals surface area contributed by atoms with Crippen LogP contribution in [0.15, 0.2) is 35.4 Å². The Morgan fingerprint density at radius 3 is 2.59 bits per heavy atom. The van der Waals surface area contributed by atoms with E-state index in [9.17, 15) is 27.2 Å². The fourth-order valence-corrected chi connectivity index (χ4v) is 5.49. The molecule has 1 unspecified atom stereocenters. The predicted octanol–water partition coefficient (Wildman–Crippen LogP) is 5.14. The lowest BCUT2D eigenvalue weighted by atomic mass is 9.83. The lowest BCUT2D eigenvalue weighted by molar-refractivity contribution is -0.0409. The van der Waals surface area contributed by atoms with Crippen molar-refractivity contribution in [1.29, 1.82) is 0 Å². The van der Waals surface area contributed by atoms with Crippen LogP contribution in [0.1, 0.15) is 58.8 Å². The number of pyridine rings is 2. The molecule has 5 rings (SSSR count). The summed E-state index contributed by atoms with van der Waals surface area (Å²) in [6.07, 6.45) is 4.49. The van der Waals surface area contributed by atoms with Crippen molar-refractivity contribution >= 4 is 16.8 Å². The van der Waals surface area contributed by atoms with Gasteiger partial charge < -0.3 is 10.7 Å². The second-order valence-electron chi connectivity index (χ2n) is 9.08. The molecule has 180 valence electrons. The number of amides is 1. The molecule has 5 nitrogen and oxygen atoms in total. The van der Waals surface area contributed by atoms with Gasteiger partial charge in [0.1, 0.15) is 5.69 Å². The predicted molar refractivity (Wildman–Crippen MR) is 120 cm³/mol. The summed E-state index contributed by atoms with van der Waals surface area (Å²) >= 11 is 0. The number of fused-ring (bicyclic) bond motifs is 2. The maximum absolute atomic E-state index is 13.9. The molecule has 0 spiro atoms. The standard InChI is InChI=1S/C16H18F4.C9H7N3O2/c1-8-7-12(9(2)15(18)14(8)17)10-3-4-13-11(10)5-6-16(13,19)20;10-9(14)8-7-5(1-3-12-8)11-4-2-6(7)13/h7,10-11,13H,3-6H2,1-2H3;1-4H,(H2,10,14)(H,11,13)/t10?,11-,13+;/m1./s1. The lowest BCUT2D eigenvalue weighted by Crippen LogP contribution is -2.23. The van der Waals surface area contributed by atoms with Gasteiger partial charge in [0.05, 0.1) is 10.9 Å². The summed E-state index contributed by atoms with van der Waals surface area (Å²) in [5, 5.41) is 0.238. The van der Waals surface area contributed by atoms with Crippen LogP contribution in [0.2, 0.25) is 0 Å². The molecule has 2 heterocycles. The summed E-state index contributed by atoms with van der Waals surface area (Å²) in [4.78, 5) is 29.0. The van der Waals surface area contributed by atoms with Crippen molar-refractivity contribution in [2.75, 3.05) is 0 Å². The van der Waals surface area contributed by atoms with E-state index in [-0.39, 0.29) is 45.9 Å². The molecule has 2 saturated carbocycles. The molecule has 34 heavy (non-hydrogen) atoms. The smallest absolute Gasteiger partial charge is 0.268 e. The number of aryl methyl sites for hydroxylation is 1. The van der Waals surface area contributed by atoms with Gasteiger partial charge in [-0.1, -0.05) is 6.07 Å². The van der Waals surface area contributed by atoms with Crippen LogP contribution in [0.3, 0.4) is 0 Å². The highest BCUT2D eigenvalue weighted by Gasteiger charge is 2.55. The van der Waals surface area contributed by atoms with Gasteiger partial charge in [-0.25, -0.2) is 17.6 Å². The van der Waals surface area contributed by atoms with Crippen LogP contribution in [0, 0.1) is 37.3 Å². The minimum Gasteiger partial charge on any atom is -0.364 e. The summed E-state index contributed by atoms with van der Waals surface area (Å²) in [6.45, 7) is 3.07. The normalized spacial score (nSPS) is 22.8. The first kappa shape index (κ1) is 23.9. The first-order valence-electron chi connectivity index (χ1n) is 11.1. The summed E-state index contributed by atoms with van der Waals surface area (Å²) in [5.74, 6) is -5.66. The van der Waals surface area contributed by atoms with E-state index in [2.05, 4.69) is 9.97 Å². The molecule has 1 aromatic carbocycles. The average Bonchev–Trinajstić information content (AvgIpc) is 3.36. The molecule has 0 radical (unpaired) electrons. The third-order valence-corrected chi connectivity index (χ3v) is 7.15. The Bertz CT molecular complexity index is 1320. The fraction of sp³-hybridized carbons (Fsp3) is 0.400. The summed E-state index contributed by atoms with van der Waals surface area (Å²) < 4.78 is 55.0. The van der Waals surface area contributed by atoms with Crippen molar-refractivity contribution in [3.05, 3.63) is 74.8 Å². The van der Waals surface area contributed by atoms with E-state index in [1.165, 1.54) is 25.4 Å². The third-order valence-electron chi connectivity index (χ3n) is 7.15. The van der Waals surface area contributed by atoms with E-state index in [0.717, 1.165) is 5.56 Å². The highest BCUT2D eigenvalue weighted by Crippen LogP contribution is 2.58. The van der Waals surface area contributed by atoms with Crippen molar-refractivity contribution in [3.63, 3.8) is 0 Å². The number of rotatable bonds is 2. The molecule has 3 N–H and O–H groups in total. The topological polar surface area (TPSA) is 88.8 Å². The Hall–Kier alpha value is -3.23. The van der Waals surface area contributed by atoms with Gasteiger partial charge in [-0.3, -0.25) is 14.6 Å². The number of nitrogens with one attached hydrogen (secondary N) is 1. The Morgan fingerprint density at radius 2 is 1.88 bits per heavy atom. The van der Waals surface area contributed by atoms with Crippen LogP contribution >= 0.6 is 0 Å². The van der Waals surface area contributed by atoms with E-state index < -0.39 is 29.4 Å². The Kier molecular flexibility index (Phi) is 6.22. The number of carbonyl (C=O) groups excluding carboxylic acids is 1. The molecule has 0 saturated heterocycles. The van der Waals surface area contributed by atoms with Gasteiger partial charge in [0.15, 0.2) is 17.1 Å². The van der Waals surface area contributed by atoms with Crippen molar-refractivity contribution in [3.8, 4) is 0 Å². The van der Waals surface area contributed by atoms with Gasteiger partial charge in [0.25, 0.3) is 11.8 Å². The highest BCUT2D eigenvalue weighted by molar-refractivity contribution is 6.03. The maximum atomic E-state index is 13.9. The molecule has 2 aliphatic rings.